The number of imide groups is 2. The number of aryl methyl sites for hydroxylation is 2. The van der Waals surface area contributed by atoms with Crippen LogP contribution in [0.25, 0.3) is 43.1 Å². The average molecular weight is 1300 g/mol. The van der Waals surface area contributed by atoms with E-state index >= 15 is 19.2 Å². The minimum absolute atomic E-state index is 0.0842. The summed E-state index contributed by atoms with van der Waals surface area (Å²) in [5, 5.41) is 3.37. The average Bonchev–Trinajstić information content (AvgIpc) is 0.670. The quantitative estimate of drug-likeness (QED) is 0.0901. The number of nitrogens with zero attached hydrogens (tertiary/aromatic N) is 2. The molecule has 10 bridgehead atoms. The van der Waals surface area contributed by atoms with E-state index < -0.39 is 23.6 Å². The second-order valence-electron chi connectivity index (χ2n) is 28.0. The van der Waals surface area contributed by atoms with Gasteiger partial charge in [-0.25, -0.2) is 9.80 Å². The molecule has 12 heteroatoms. The molecule has 6 aliphatic heterocycles. The number of ether oxygens (including phenoxy) is 6. The molecule has 0 fully saturated rings. The Labute approximate surface area is 572 Å². The van der Waals surface area contributed by atoms with E-state index in [2.05, 4.69) is 67.5 Å². The van der Waals surface area contributed by atoms with Gasteiger partial charge in [0.15, 0.2) is 23.0 Å². The number of carbonyl (C=O) groups is 4. The Morgan fingerprint density at radius 2 is 0.551 bits per heavy atom. The van der Waals surface area contributed by atoms with Crippen LogP contribution in [0.5, 0.6) is 57.5 Å². The van der Waals surface area contributed by atoms with Gasteiger partial charge in [0.1, 0.15) is 34.5 Å². The summed E-state index contributed by atoms with van der Waals surface area (Å²) in [4.78, 5) is 69.5. The van der Waals surface area contributed by atoms with Crippen LogP contribution in [0.3, 0.4) is 0 Å². The zero-order valence-electron chi connectivity index (χ0n) is 57.2. The van der Waals surface area contributed by atoms with Crippen molar-refractivity contribution in [3.05, 3.63) is 213 Å². The molecule has 0 unspecified atom stereocenters. The Kier molecular flexibility index (Phi) is 17.1. The molecule has 0 spiro atoms. The number of hydrogen-bond donors (Lipinski definition) is 0. The van der Waals surface area contributed by atoms with Crippen LogP contribution in [0, 0.1) is 0 Å². The van der Waals surface area contributed by atoms with Crippen LogP contribution in [0.2, 0.25) is 0 Å². The molecule has 0 N–H and O–H groups in total. The van der Waals surface area contributed by atoms with Gasteiger partial charge in [0.05, 0.1) is 46.8 Å². The van der Waals surface area contributed by atoms with Crippen LogP contribution < -0.4 is 38.2 Å². The summed E-state index contributed by atoms with van der Waals surface area (Å²) >= 11 is 0. The van der Waals surface area contributed by atoms with Crippen LogP contribution in [-0.4, -0.2) is 36.8 Å². The number of amides is 4. The van der Waals surface area contributed by atoms with E-state index in [-0.39, 0.29) is 68.9 Å². The molecule has 496 valence electrons. The molecule has 0 aromatic heterocycles. The first kappa shape index (κ1) is 63.8. The lowest BCUT2D eigenvalue weighted by Gasteiger charge is -2.35. The van der Waals surface area contributed by atoms with Crippen molar-refractivity contribution in [2.75, 3.05) is 23.0 Å². The Morgan fingerprint density at radius 3 is 0.878 bits per heavy atom. The zero-order valence-corrected chi connectivity index (χ0v) is 57.2. The van der Waals surface area contributed by atoms with Crippen molar-refractivity contribution in [1.29, 1.82) is 0 Å². The number of hydrogen-bond acceptors (Lipinski definition) is 10. The third-order valence-electron chi connectivity index (χ3n) is 20.3. The van der Waals surface area contributed by atoms with Crippen LogP contribution in [0.4, 0.5) is 11.4 Å². The summed E-state index contributed by atoms with van der Waals surface area (Å²) in [7, 11) is 0. The SMILES string of the molecule is CC(C)c1cccc(C(C)C)c1N1C(=O)c2cc3c4c5c6cc7c8c(cc(c(c9c(cc(c2c49)C1=O)Oc1ccccc1OCCCCCCCc1ccccc1O6)c85)Oc1ccccc1OCCCCCCCc1ccccc1O3)C(=O)N(c1c(C(C)C)cccc1C(C)C)C7=O. The van der Waals surface area contributed by atoms with Crippen LogP contribution in [0.1, 0.15) is 218 Å². The van der Waals surface area contributed by atoms with Crippen molar-refractivity contribution < 1.29 is 47.6 Å². The van der Waals surface area contributed by atoms with E-state index in [0.29, 0.717) is 115 Å². The number of benzene rings is 11. The minimum Gasteiger partial charge on any atom is -0.490 e. The first-order chi connectivity index (χ1) is 47.7. The fourth-order valence-corrected chi connectivity index (χ4v) is 15.4. The lowest BCUT2D eigenvalue weighted by molar-refractivity contribution is 0.0877. The van der Waals surface area contributed by atoms with Crippen molar-refractivity contribution in [3.63, 3.8) is 0 Å². The number of para-hydroxylation sites is 8. The van der Waals surface area contributed by atoms with E-state index in [1.807, 2.05) is 133 Å². The lowest BCUT2D eigenvalue weighted by Crippen LogP contribution is -2.42. The number of rotatable bonds is 6. The molecule has 11 aromatic carbocycles. The fraction of sp³-hybridized carbons (Fsp3) is 0.302. The van der Waals surface area contributed by atoms with E-state index in [1.54, 1.807) is 12.1 Å². The molecule has 0 atom stereocenters. The Bertz CT molecular complexity index is 4420. The van der Waals surface area contributed by atoms with Crippen molar-refractivity contribution in [2.24, 2.45) is 0 Å². The molecule has 11 aromatic rings. The van der Waals surface area contributed by atoms with E-state index in [1.165, 1.54) is 9.80 Å². The van der Waals surface area contributed by atoms with Gasteiger partial charge in [-0.2, -0.15) is 0 Å². The highest BCUT2D eigenvalue weighted by atomic mass is 16.5. The second kappa shape index (κ2) is 26.3. The van der Waals surface area contributed by atoms with Crippen molar-refractivity contribution >= 4 is 78.1 Å². The van der Waals surface area contributed by atoms with Crippen LogP contribution >= 0.6 is 0 Å². The molecular weight excluding hydrogens is 1220 g/mol. The Morgan fingerprint density at radius 1 is 0.276 bits per heavy atom. The van der Waals surface area contributed by atoms with Gasteiger partial charge in [-0.05, 0) is 156 Å². The van der Waals surface area contributed by atoms with Crippen molar-refractivity contribution in [3.8, 4) is 57.5 Å². The summed E-state index contributed by atoms with van der Waals surface area (Å²) in [5.41, 5.74) is 7.25. The van der Waals surface area contributed by atoms with Gasteiger partial charge in [-0.1, -0.05) is 191 Å². The van der Waals surface area contributed by atoms with Gasteiger partial charge in [-0.3, -0.25) is 19.2 Å². The number of anilines is 2. The van der Waals surface area contributed by atoms with Crippen LogP contribution in [-0.2, 0) is 12.8 Å². The monoisotopic (exact) mass is 1300 g/mol. The molecule has 6 heterocycles. The third kappa shape index (κ3) is 11.1. The topological polar surface area (TPSA) is 130 Å². The molecule has 98 heavy (non-hydrogen) atoms. The predicted octanol–water partition coefficient (Wildman–Crippen LogP) is 22.8. The maximum Gasteiger partial charge on any atom is 0.266 e. The molecule has 0 saturated heterocycles. The first-order valence-electron chi connectivity index (χ1n) is 35.4. The number of carbonyl (C=O) groups excluding carboxylic acids is 4. The summed E-state index contributed by atoms with van der Waals surface area (Å²) in [5.74, 6) is 1.40. The summed E-state index contributed by atoms with van der Waals surface area (Å²) < 4.78 is 44.0. The highest BCUT2D eigenvalue weighted by molar-refractivity contribution is 6.48. The summed E-state index contributed by atoms with van der Waals surface area (Å²) in [6.45, 7) is 17.5. The smallest absolute Gasteiger partial charge is 0.266 e. The highest BCUT2D eigenvalue weighted by Crippen LogP contribution is 2.60. The Balaban J connectivity index is 1.18. The van der Waals surface area contributed by atoms with Crippen LogP contribution in [0.15, 0.2) is 158 Å². The maximum absolute atomic E-state index is 16.7. The molecule has 12 nitrogen and oxygen atoms in total. The molecule has 4 amide bonds. The Hall–Kier alpha value is -10.2. The van der Waals surface area contributed by atoms with Gasteiger partial charge in [0, 0.05) is 43.1 Å². The minimum atomic E-state index is -0.540. The molecule has 0 saturated carbocycles. The van der Waals surface area contributed by atoms with Gasteiger partial charge in [0.25, 0.3) is 23.6 Å². The van der Waals surface area contributed by atoms with E-state index in [4.69, 9.17) is 28.4 Å². The summed E-state index contributed by atoms with van der Waals surface area (Å²) in [6.07, 6.45) is 10.6. The molecule has 17 rings (SSSR count). The van der Waals surface area contributed by atoms with Crippen molar-refractivity contribution in [1.82, 2.24) is 0 Å². The summed E-state index contributed by atoms with van der Waals surface area (Å²) in [6, 6.07) is 50.4. The molecular formula is C86H82N2O10. The third-order valence-corrected chi connectivity index (χ3v) is 20.3. The first-order valence-corrected chi connectivity index (χ1v) is 35.4. The largest absolute Gasteiger partial charge is 0.490 e. The van der Waals surface area contributed by atoms with Gasteiger partial charge in [-0.15, -0.1) is 0 Å². The van der Waals surface area contributed by atoms with Crippen molar-refractivity contribution in [2.45, 2.75) is 156 Å². The van der Waals surface area contributed by atoms with Gasteiger partial charge >= 0.3 is 0 Å². The lowest BCUT2D eigenvalue weighted by atomic mass is 9.80. The zero-order chi connectivity index (χ0) is 67.6. The van der Waals surface area contributed by atoms with E-state index in [9.17, 15) is 0 Å². The molecule has 0 aliphatic carbocycles. The standard InChI is InChI=1S/C86H82N2O10/c1-49(2)55-33-27-34-56(50(3)4)81(55)87-83(89)59-45-69-75-76-70-46-60-74-62(86(92)88(84(60)90)82-57(51(5)6)35-28-36-58(82)52(7)8)48-72(98-68-42-24-22-40-66(68)94-44-26-14-9-11-15-29-53-31-17-19-37-63(53)95-69)78(80(74)76)77-71(47-61(85(87)91)73(59)79(75)77)97-67-41-23-21-39-65(67)93-43-25-13-10-12-16-30-54-32-18-20-38-64(54)96-70/h17-24,27-28,31-42,45-52H,9-16,25-26,29-30,43-44H2,1-8H3. The van der Waals surface area contributed by atoms with E-state index in [0.717, 1.165) is 97.6 Å². The van der Waals surface area contributed by atoms with Gasteiger partial charge in [0.2, 0.25) is 0 Å². The fourth-order valence-electron chi connectivity index (χ4n) is 15.4. The predicted molar refractivity (Wildman–Crippen MR) is 390 cm³/mol. The highest BCUT2D eigenvalue weighted by Gasteiger charge is 2.44. The molecule has 0 radical (unpaired) electrons. The maximum atomic E-state index is 16.7. The van der Waals surface area contributed by atoms with Gasteiger partial charge < -0.3 is 28.4 Å². The number of fused-ring (bicyclic) bond motifs is 14. The second-order valence-corrected chi connectivity index (χ2v) is 28.0. The normalized spacial score (nSPS) is 15.7. The molecule has 6 aliphatic rings.